The number of rotatable bonds is 2. The molecule has 2 heterocycles. The average molecular weight is 253 g/mol. The van der Waals surface area contributed by atoms with Crippen molar-refractivity contribution in [2.75, 3.05) is 0 Å². The van der Waals surface area contributed by atoms with Crippen molar-refractivity contribution >= 4 is 12.0 Å². The number of aromatic nitrogens is 1. The summed E-state index contributed by atoms with van der Waals surface area (Å²) in [7, 11) is 0. The van der Waals surface area contributed by atoms with Gasteiger partial charge in [0.25, 0.3) is 0 Å². The molecular weight excluding hydrogens is 242 g/mol. The van der Waals surface area contributed by atoms with Crippen molar-refractivity contribution in [2.45, 2.75) is 6.10 Å². The number of pyridine rings is 1. The summed E-state index contributed by atoms with van der Waals surface area (Å²) in [5.41, 5.74) is 1.85. The lowest BCUT2D eigenvalue weighted by Gasteiger charge is -2.21. The molecule has 1 aromatic carbocycles. The van der Waals surface area contributed by atoms with Crippen LogP contribution in [-0.4, -0.2) is 16.1 Å². The molecule has 1 unspecified atom stereocenters. The Kier molecular flexibility index (Phi) is 2.76. The molecule has 1 N–H and O–H groups in total. The Balaban J connectivity index is 1.92. The molecule has 4 heteroatoms. The van der Waals surface area contributed by atoms with E-state index in [4.69, 9.17) is 9.84 Å². The lowest BCUT2D eigenvalue weighted by molar-refractivity contribution is 0.0697. The molecule has 94 valence electrons. The van der Waals surface area contributed by atoms with Gasteiger partial charge in [-0.25, -0.2) is 4.79 Å². The minimum atomic E-state index is -0.942. The molecule has 0 saturated heterocycles. The number of nitrogens with zero attached hydrogens (tertiary/aromatic N) is 1. The summed E-state index contributed by atoms with van der Waals surface area (Å²) >= 11 is 0. The molecule has 1 aromatic heterocycles. The molecule has 3 rings (SSSR count). The van der Waals surface area contributed by atoms with Crippen LogP contribution in [0, 0.1) is 0 Å². The zero-order chi connectivity index (χ0) is 13.2. The Morgan fingerprint density at radius 1 is 1.26 bits per heavy atom. The van der Waals surface area contributed by atoms with Gasteiger partial charge in [0.2, 0.25) is 0 Å². The lowest BCUT2D eigenvalue weighted by Crippen LogP contribution is -2.10. The quantitative estimate of drug-likeness (QED) is 0.893. The van der Waals surface area contributed by atoms with E-state index in [9.17, 15) is 4.79 Å². The standard InChI is InChI=1S/C15H11NO3/c17-15(18)11-5-6-13-10(9-11)4-7-14(19-13)12-3-1-2-8-16-12/h1-9,14H,(H,17,18). The van der Waals surface area contributed by atoms with Crippen molar-refractivity contribution in [3.63, 3.8) is 0 Å². The van der Waals surface area contributed by atoms with Crippen molar-refractivity contribution in [3.05, 3.63) is 65.5 Å². The van der Waals surface area contributed by atoms with Gasteiger partial charge in [-0.05, 0) is 36.4 Å². The van der Waals surface area contributed by atoms with Crippen LogP contribution in [0.4, 0.5) is 0 Å². The Morgan fingerprint density at radius 3 is 2.89 bits per heavy atom. The van der Waals surface area contributed by atoms with Gasteiger partial charge in [-0.2, -0.15) is 0 Å². The Morgan fingerprint density at radius 2 is 2.16 bits per heavy atom. The maximum absolute atomic E-state index is 10.9. The van der Waals surface area contributed by atoms with E-state index in [0.29, 0.717) is 5.75 Å². The fraction of sp³-hybridized carbons (Fsp3) is 0.0667. The predicted molar refractivity (Wildman–Crippen MR) is 70.0 cm³/mol. The highest BCUT2D eigenvalue weighted by atomic mass is 16.5. The minimum Gasteiger partial charge on any atom is -0.479 e. The van der Waals surface area contributed by atoms with Crippen molar-refractivity contribution < 1.29 is 14.6 Å². The fourth-order valence-electron chi connectivity index (χ4n) is 1.99. The number of hydrogen-bond acceptors (Lipinski definition) is 3. The van der Waals surface area contributed by atoms with Crippen LogP contribution in [0.3, 0.4) is 0 Å². The zero-order valence-corrected chi connectivity index (χ0v) is 9.98. The molecule has 19 heavy (non-hydrogen) atoms. The maximum Gasteiger partial charge on any atom is 0.335 e. The van der Waals surface area contributed by atoms with E-state index in [-0.39, 0.29) is 11.7 Å². The van der Waals surface area contributed by atoms with E-state index in [2.05, 4.69) is 4.98 Å². The van der Waals surface area contributed by atoms with Gasteiger partial charge in [-0.3, -0.25) is 4.98 Å². The summed E-state index contributed by atoms with van der Waals surface area (Å²) in [6.45, 7) is 0. The van der Waals surface area contributed by atoms with E-state index in [1.54, 1.807) is 18.3 Å². The molecule has 0 fully saturated rings. The van der Waals surface area contributed by atoms with Gasteiger partial charge >= 0.3 is 5.97 Å². The van der Waals surface area contributed by atoms with Crippen LogP contribution in [-0.2, 0) is 0 Å². The number of carboxylic acids is 1. The average Bonchev–Trinajstić information content (AvgIpc) is 2.47. The van der Waals surface area contributed by atoms with Gasteiger partial charge in [-0.1, -0.05) is 12.1 Å². The van der Waals surface area contributed by atoms with Crippen molar-refractivity contribution in [1.82, 2.24) is 4.98 Å². The van der Waals surface area contributed by atoms with Crippen LogP contribution in [0.5, 0.6) is 5.75 Å². The highest BCUT2D eigenvalue weighted by molar-refractivity contribution is 5.89. The number of hydrogen-bond donors (Lipinski definition) is 1. The number of benzene rings is 1. The number of carbonyl (C=O) groups is 1. The highest BCUT2D eigenvalue weighted by Crippen LogP contribution is 2.32. The number of ether oxygens (including phenoxy) is 1. The molecule has 0 spiro atoms. The van der Waals surface area contributed by atoms with E-state index in [1.165, 1.54) is 6.07 Å². The molecule has 0 aliphatic carbocycles. The van der Waals surface area contributed by atoms with Crippen molar-refractivity contribution in [3.8, 4) is 5.75 Å². The third-order valence-corrected chi connectivity index (χ3v) is 2.94. The normalized spacial score (nSPS) is 16.5. The summed E-state index contributed by atoms with van der Waals surface area (Å²) in [5, 5.41) is 8.94. The zero-order valence-electron chi connectivity index (χ0n) is 9.98. The fourth-order valence-corrected chi connectivity index (χ4v) is 1.99. The molecule has 0 radical (unpaired) electrons. The SMILES string of the molecule is O=C(O)c1ccc2c(c1)C=CC(c1ccccn1)O2. The second kappa shape index (κ2) is 4.57. The van der Waals surface area contributed by atoms with E-state index in [1.807, 2.05) is 30.4 Å². The first kappa shape index (κ1) is 11.5. The van der Waals surface area contributed by atoms with Gasteiger partial charge in [0, 0.05) is 11.8 Å². The van der Waals surface area contributed by atoms with E-state index in [0.717, 1.165) is 11.3 Å². The highest BCUT2D eigenvalue weighted by Gasteiger charge is 2.18. The smallest absolute Gasteiger partial charge is 0.335 e. The predicted octanol–water partition coefficient (Wildman–Crippen LogP) is 2.93. The van der Waals surface area contributed by atoms with Gasteiger partial charge in [0.15, 0.2) is 6.10 Å². The van der Waals surface area contributed by atoms with Crippen LogP contribution >= 0.6 is 0 Å². The molecule has 1 aliphatic rings. The van der Waals surface area contributed by atoms with Crippen LogP contribution in [0.25, 0.3) is 6.08 Å². The van der Waals surface area contributed by atoms with Crippen molar-refractivity contribution in [1.29, 1.82) is 0 Å². The minimum absolute atomic E-state index is 0.232. The van der Waals surface area contributed by atoms with E-state index >= 15 is 0 Å². The third-order valence-electron chi connectivity index (χ3n) is 2.94. The second-order valence-corrected chi connectivity index (χ2v) is 4.21. The first-order valence-corrected chi connectivity index (χ1v) is 5.87. The number of fused-ring (bicyclic) bond motifs is 1. The molecule has 0 bridgehead atoms. The summed E-state index contributed by atoms with van der Waals surface area (Å²) in [4.78, 5) is 15.1. The molecule has 1 atom stereocenters. The first-order valence-electron chi connectivity index (χ1n) is 5.87. The summed E-state index contributed by atoms with van der Waals surface area (Å²) in [6.07, 6.45) is 5.22. The maximum atomic E-state index is 10.9. The molecule has 0 saturated carbocycles. The summed E-state index contributed by atoms with van der Waals surface area (Å²) in [5.74, 6) is -0.272. The monoisotopic (exact) mass is 253 g/mol. The van der Waals surface area contributed by atoms with Crippen LogP contribution in [0.2, 0.25) is 0 Å². The Labute approximate surface area is 110 Å². The lowest BCUT2D eigenvalue weighted by atomic mass is 10.0. The number of carboxylic acid groups (broad SMARTS) is 1. The van der Waals surface area contributed by atoms with Gasteiger partial charge < -0.3 is 9.84 Å². The molecule has 4 nitrogen and oxygen atoms in total. The molecule has 2 aromatic rings. The number of aromatic carboxylic acids is 1. The molecular formula is C15H11NO3. The molecule has 0 amide bonds. The molecule has 1 aliphatic heterocycles. The Bertz CT molecular complexity index is 650. The van der Waals surface area contributed by atoms with Gasteiger partial charge in [-0.15, -0.1) is 0 Å². The summed E-state index contributed by atoms with van der Waals surface area (Å²) < 4.78 is 5.81. The van der Waals surface area contributed by atoms with Gasteiger partial charge in [0.05, 0.1) is 11.3 Å². The topological polar surface area (TPSA) is 59.4 Å². The van der Waals surface area contributed by atoms with E-state index < -0.39 is 5.97 Å². The van der Waals surface area contributed by atoms with Gasteiger partial charge in [0.1, 0.15) is 5.75 Å². The van der Waals surface area contributed by atoms with Crippen molar-refractivity contribution in [2.24, 2.45) is 0 Å². The largest absolute Gasteiger partial charge is 0.479 e. The second-order valence-electron chi connectivity index (χ2n) is 4.21. The third kappa shape index (κ3) is 2.20. The van der Waals surface area contributed by atoms with Crippen LogP contribution in [0.15, 0.2) is 48.7 Å². The van der Waals surface area contributed by atoms with Crippen LogP contribution in [0.1, 0.15) is 27.7 Å². The first-order chi connectivity index (χ1) is 9.24. The summed E-state index contributed by atoms with van der Waals surface area (Å²) in [6, 6.07) is 10.5. The van der Waals surface area contributed by atoms with Crippen LogP contribution < -0.4 is 4.74 Å². The Hall–Kier alpha value is -2.62.